The quantitative estimate of drug-likeness (QED) is 0.676. The third-order valence-electron chi connectivity index (χ3n) is 4.09. The van der Waals surface area contributed by atoms with E-state index in [0.717, 1.165) is 12.0 Å². The molecule has 2 aromatic rings. The third kappa shape index (κ3) is 6.00. The Morgan fingerprint density at radius 3 is 2.37 bits per heavy atom. The molecule has 2 aromatic carbocycles. The second kappa shape index (κ2) is 9.42. The molecule has 0 aromatic heterocycles. The highest BCUT2D eigenvalue weighted by atomic mass is 35.5. The van der Waals surface area contributed by atoms with Gasteiger partial charge in [-0.2, -0.15) is 0 Å². The molecule has 1 amide bonds. The van der Waals surface area contributed by atoms with Crippen molar-refractivity contribution in [3.05, 3.63) is 58.6 Å². The number of benzene rings is 2. The lowest BCUT2D eigenvalue weighted by Crippen LogP contribution is -2.29. The van der Waals surface area contributed by atoms with E-state index >= 15 is 0 Å². The highest BCUT2D eigenvalue weighted by Gasteiger charge is 2.18. The molecule has 0 fully saturated rings. The SMILES string of the molecule is CCC(C)OC(=O)C(C)Oc1ccc(C(=O)Nc2ccc(Cl)cc2C)cc1. The smallest absolute Gasteiger partial charge is 0.347 e. The maximum Gasteiger partial charge on any atom is 0.347 e. The highest BCUT2D eigenvalue weighted by molar-refractivity contribution is 6.30. The molecule has 0 saturated carbocycles. The number of halogens is 1. The third-order valence-corrected chi connectivity index (χ3v) is 4.33. The zero-order chi connectivity index (χ0) is 20.0. The van der Waals surface area contributed by atoms with Crippen LogP contribution in [0.4, 0.5) is 5.69 Å². The summed E-state index contributed by atoms with van der Waals surface area (Å²) >= 11 is 5.93. The van der Waals surface area contributed by atoms with E-state index in [9.17, 15) is 9.59 Å². The molecule has 0 aliphatic carbocycles. The topological polar surface area (TPSA) is 64.6 Å². The van der Waals surface area contributed by atoms with Gasteiger partial charge in [-0.3, -0.25) is 4.79 Å². The summed E-state index contributed by atoms with van der Waals surface area (Å²) in [6.45, 7) is 7.28. The van der Waals surface area contributed by atoms with Gasteiger partial charge in [0.2, 0.25) is 0 Å². The van der Waals surface area contributed by atoms with Gasteiger partial charge in [0.15, 0.2) is 6.10 Å². The number of aryl methyl sites for hydroxylation is 1. The van der Waals surface area contributed by atoms with E-state index in [2.05, 4.69) is 5.32 Å². The van der Waals surface area contributed by atoms with Crippen molar-refractivity contribution in [2.45, 2.75) is 46.3 Å². The molecule has 0 aliphatic heterocycles. The molecule has 0 spiro atoms. The maximum absolute atomic E-state index is 12.4. The molecule has 2 unspecified atom stereocenters. The number of anilines is 1. The molecule has 0 heterocycles. The van der Waals surface area contributed by atoms with Gasteiger partial charge >= 0.3 is 5.97 Å². The van der Waals surface area contributed by atoms with Crippen LogP contribution in [0.25, 0.3) is 0 Å². The average molecular weight is 390 g/mol. The Hall–Kier alpha value is -2.53. The number of amides is 1. The standard InChI is InChI=1S/C21H24ClNO4/c1-5-14(3)26-21(25)15(4)27-18-9-6-16(7-10-18)20(24)23-19-11-8-17(22)12-13(19)2/h6-12,14-15H,5H2,1-4H3,(H,23,24). The Labute approximate surface area is 164 Å². The Morgan fingerprint density at radius 1 is 1.11 bits per heavy atom. The molecule has 27 heavy (non-hydrogen) atoms. The van der Waals surface area contributed by atoms with Gasteiger partial charge in [0, 0.05) is 16.3 Å². The van der Waals surface area contributed by atoms with Crippen LogP contribution in [0.1, 0.15) is 43.1 Å². The normalized spacial score (nSPS) is 12.8. The number of carbonyl (C=O) groups is 2. The number of esters is 1. The van der Waals surface area contributed by atoms with Crippen molar-refractivity contribution >= 4 is 29.2 Å². The number of ether oxygens (including phenoxy) is 2. The summed E-state index contributed by atoms with van der Waals surface area (Å²) in [5.41, 5.74) is 2.06. The lowest BCUT2D eigenvalue weighted by Gasteiger charge is -2.17. The van der Waals surface area contributed by atoms with E-state index in [1.807, 2.05) is 20.8 Å². The Morgan fingerprint density at radius 2 is 1.78 bits per heavy atom. The molecule has 0 aliphatic rings. The molecule has 5 nitrogen and oxygen atoms in total. The van der Waals surface area contributed by atoms with Gasteiger partial charge in [0.25, 0.3) is 5.91 Å². The minimum absolute atomic E-state index is 0.147. The van der Waals surface area contributed by atoms with E-state index in [1.54, 1.807) is 49.4 Å². The number of hydrogen-bond donors (Lipinski definition) is 1. The van der Waals surface area contributed by atoms with Crippen molar-refractivity contribution in [1.82, 2.24) is 0 Å². The van der Waals surface area contributed by atoms with Crippen LogP contribution in [0, 0.1) is 6.92 Å². The molecule has 0 bridgehead atoms. The first-order valence-corrected chi connectivity index (χ1v) is 9.22. The lowest BCUT2D eigenvalue weighted by molar-refractivity contribution is -0.155. The number of nitrogens with one attached hydrogen (secondary N) is 1. The first-order chi connectivity index (χ1) is 12.8. The number of carbonyl (C=O) groups excluding carboxylic acids is 2. The monoisotopic (exact) mass is 389 g/mol. The van der Waals surface area contributed by atoms with Gasteiger partial charge in [0.05, 0.1) is 6.10 Å². The molecular weight excluding hydrogens is 366 g/mol. The van der Waals surface area contributed by atoms with Gasteiger partial charge in [0.1, 0.15) is 5.75 Å². The molecule has 0 radical (unpaired) electrons. The minimum Gasteiger partial charge on any atom is -0.479 e. The molecule has 144 valence electrons. The fourth-order valence-corrected chi connectivity index (χ4v) is 2.50. The van der Waals surface area contributed by atoms with Crippen LogP contribution in [0.15, 0.2) is 42.5 Å². The van der Waals surface area contributed by atoms with Crippen LogP contribution in [-0.4, -0.2) is 24.1 Å². The van der Waals surface area contributed by atoms with E-state index < -0.39 is 12.1 Å². The molecule has 6 heteroatoms. The van der Waals surface area contributed by atoms with Crippen LogP contribution in [-0.2, 0) is 9.53 Å². The van der Waals surface area contributed by atoms with Crippen LogP contribution in [0.3, 0.4) is 0 Å². The van der Waals surface area contributed by atoms with E-state index in [-0.39, 0.29) is 12.0 Å². The van der Waals surface area contributed by atoms with Crippen molar-refractivity contribution in [3.63, 3.8) is 0 Å². The largest absolute Gasteiger partial charge is 0.479 e. The predicted octanol–water partition coefficient (Wildman–Crippen LogP) is 5.01. The summed E-state index contributed by atoms with van der Waals surface area (Å²) in [5, 5.41) is 3.47. The lowest BCUT2D eigenvalue weighted by atomic mass is 10.1. The van der Waals surface area contributed by atoms with Crippen LogP contribution >= 0.6 is 11.6 Å². The summed E-state index contributed by atoms with van der Waals surface area (Å²) in [5.74, 6) is -0.164. The molecule has 0 saturated heterocycles. The minimum atomic E-state index is -0.726. The summed E-state index contributed by atoms with van der Waals surface area (Å²) < 4.78 is 10.8. The van der Waals surface area contributed by atoms with Gasteiger partial charge in [-0.1, -0.05) is 18.5 Å². The van der Waals surface area contributed by atoms with E-state index in [0.29, 0.717) is 22.0 Å². The van der Waals surface area contributed by atoms with E-state index in [1.165, 1.54) is 0 Å². The molecular formula is C21H24ClNO4. The zero-order valence-corrected chi connectivity index (χ0v) is 16.7. The van der Waals surface area contributed by atoms with Crippen molar-refractivity contribution in [2.75, 3.05) is 5.32 Å². The highest BCUT2D eigenvalue weighted by Crippen LogP contribution is 2.21. The Balaban J connectivity index is 1.97. The van der Waals surface area contributed by atoms with Crippen LogP contribution < -0.4 is 10.1 Å². The number of hydrogen-bond acceptors (Lipinski definition) is 4. The van der Waals surface area contributed by atoms with Gasteiger partial charge < -0.3 is 14.8 Å². The summed E-state index contributed by atoms with van der Waals surface area (Å²) in [6.07, 6.45) is -0.128. The zero-order valence-electron chi connectivity index (χ0n) is 15.9. The van der Waals surface area contributed by atoms with Gasteiger partial charge in [-0.05, 0) is 75.2 Å². The van der Waals surface area contributed by atoms with Crippen molar-refractivity contribution in [2.24, 2.45) is 0 Å². The second-order valence-electron chi connectivity index (χ2n) is 6.35. The van der Waals surface area contributed by atoms with Gasteiger partial charge in [-0.25, -0.2) is 4.79 Å². The van der Waals surface area contributed by atoms with Crippen molar-refractivity contribution in [1.29, 1.82) is 0 Å². The van der Waals surface area contributed by atoms with Crippen molar-refractivity contribution in [3.8, 4) is 5.75 Å². The Bertz CT molecular complexity index is 804. The second-order valence-corrected chi connectivity index (χ2v) is 6.79. The fourth-order valence-electron chi connectivity index (χ4n) is 2.28. The Kier molecular flexibility index (Phi) is 7.25. The van der Waals surface area contributed by atoms with Gasteiger partial charge in [-0.15, -0.1) is 0 Å². The van der Waals surface area contributed by atoms with Crippen LogP contribution in [0.2, 0.25) is 5.02 Å². The first kappa shape index (κ1) is 20.8. The average Bonchev–Trinajstić information content (AvgIpc) is 2.64. The molecule has 1 N–H and O–H groups in total. The fraction of sp³-hybridized carbons (Fsp3) is 0.333. The summed E-state index contributed by atoms with van der Waals surface area (Å²) in [7, 11) is 0. The number of rotatable bonds is 7. The summed E-state index contributed by atoms with van der Waals surface area (Å²) in [4.78, 5) is 24.3. The predicted molar refractivity (Wildman–Crippen MR) is 107 cm³/mol. The van der Waals surface area contributed by atoms with Crippen LogP contribution in [0.5, 0.6) is 5.75 Å². The van der Waals surface area contributed by atoms with Crippen molar-refractivity contribution < 1.29 is 19.1 Å². The first-order valence-electron chi connectivity index (χ1n) is 8.85. The molecule has 2 atom stereocenters. The maximum atomic E-state index is 12.4. The summed E-state index contributed by atoms with van der Waals surface area (Å²) in [6, 6.07) is 11.9. The molecule has 2 rings (SSSR count). The van der Waals surface area contributed by atoms with E-state index in [4.69, 9.17) is 21.1 Å².